The van der Waals surface area contributed by atoms with Gasteiger partial charge in [0.05, 0.1) is 0 Å². The summed E-state index contributed by atoms with van der Waals surface area (Å²) in [6, 6.07) is 2.12. The zero-order valence-electron chi connectivity index (χ0n) is 7.40. The Kier molecular flexibility index (Phi) is 4.85. The summed E-state index contributed by atoms with van der Waals surface area (Å²) in [4.78, 5) is 2.52. The Labute approximate surface area is 86.7 Å². The lowest BCUT2D eigenvalue weighted by Crippen LogP contribution is -2.45. The van der Waals surface area contributed by atoms with E-state index in [1.54, 1.807) is 0 Å². The highest BCUT2D eigenvalue weighted by Crippen LogP contribution is 2.33. The van der Waals surface area contributed by atoms with E-state index >= 15 is 0 Å². The maximum Gasteiger partial charge on any atom is 0.0110 e. The Morgan fingerprint density at radius 1 is 1.08 bits per heavy atom. The average Bonchev–Trinajstić information content (AvgIpc) is 2.20. The Hall–Kier alpha value is 0.500. The maximum absolute atomic E-state index is 5.89. The van der Waals surface area contributed by atoms with Crippen molar-refractivity contribution in [2.24, 2.45) is 5.73 Å². The first-order valence-electron chi connectivity index (χ1n) is 4.25. The number of halogens is 2. The molecule has 2 rings (SSSR count). The lowest BCUT2D eigenvalue weighted by molar-refractivity contribution is 0.163. The smallest absolute Gasteiger partial charge is 0.0110 e. The molecule has 0 aliphatic carbocycles. The molecule has 0 radical (unpaired) electrons. The molecule has 2 N–H and O–H groups in total. The second kappa shape index (κ2) is 4.66. The molecular weight excluding hydrogens is 195 g/mol. The van der Waals surface area contributed by atoms with E-state index in [1.165, 1.54) is 25.7 Å². The van der Waals surface area contributed by atoms with Crippen LogP contribution >= 0.6 is 24.8 Å². The number of nitrogens with zero attached hydrogens (tertiary/aromatic N) is 1. The van der Waals surface area contributed by atoms with E-state index in [0.717, 1.165) is 12.1 Å². The SMILES string of the molecule is CN1[C@@H]2CC[C@H]1CC(N)C2.Cl.Cl. The summed E-state index contributed by atoms with van der Waals surface area (Å²) < 4.78 is 0. The van der Waals surface area contributed by atoms with Crippen LogP contribution in [-0.4, -0.2) is 30.1 Å². The van der Waals surface area contributed by atoms with Gasteiger partial charge >= 0.3 is 0 Å². The standard InChI is InChI=1S/C8H16N2.2ClH/c1-10-7-2-3-8(10)5-6(9)4-7;;/h6-8H,2-5,9H2,1H3;2*1H/t6?,7-,8+;;. The molecule has 4 heteroatoms. The van der Waals surface area contributed by atoms with Crippen molar-refractivity contribution >= 4 is 24.8 Å². The third-order valence-electron chi connectivity index (χ3n) is 3.13. The van der Waals surface area contributed by atoms with Crippen molar-refractivity contribution in [3.05, 3.63) is 0 Å². The van der Waals surface area contributed by atoms with Gasteiger partial charge in [-0.15, -0.1) is 24.8 Å². The third-order valence-corrected chi connectivity index (χ3v) is 3.13. The summed E-state index contributed by atoms with van der Waals surface area (Å²) in [5, 5.41) is 0. The number of hydrogen-bond acceptors (Lipinski definition) is 2. The minimum Gasteiger partial charge on any atom is -0.328 e. The Bertz CT molecular complexity index is 129. The van der Waals surface area contributed by atoms with Crippen LogP contribution in [0.3, 0.4) is 0 Å². The summed E-state index contributed by atoms with van der Waals surface area (Å²) in [6.45, 7) is 0. The van der Waals surface area contributed by atoms with E-state index in [1.807, 2.05) is 0 Å². The van der Waals surface area contributed by atoms with Crippen molar-refractivity contribution in [3.63, 3.8) is 0 Å². The van der Waals surface area contributed by atoms with Gasteiger partial charge < -0.3 is 10.6 Å². The summed E-state index contributed by atoms with van der Waals surface area (Å²) >= 11 is 0. The van der Waals surface area contributed by atoms with Crippen molar-refractivity contribution < 1.29 is 0 Å². The summed E-state index contributed by atoms with van der Waals surface area (Å²) in [5.74, 6) is 0. The molecule has 0 aromatic heterocycles. The van der Waals surface area contributed by atoms with Crippen LogP contribution < -0.4 is 5.73 Å². The highest BCUT2D eigenvalue weighted by atomic mass is 35.5. The Morgan fingerprint density at radius 2 is 1.50 bits per heavy atom. The number of hydrogen-bond donors (Lipinski definition) is 1. The molecule has 2 fully saturated rings. The molecule has 2 nitrogen and oxygen atoms in total. The van der Waals surface area contributed by atoms with Gasteiger partial charge in [0.15, 0.2) is 0 Å². The van der Waals surface area contributed by atoms with Crippen molar-refractivity contribution in [3.8, 4) is 0 Å². The Morgan fingerprint density at radius 3 is 1.92 bits per heavy atom. The predicted octanol–water partition coefficient (Wildman–Crippen LogP) is 1.41. The van der Waals surface area contributed by atoms with Gasteiger partial charge in [0, 0.05) is 18.1 Å². The van der Waals surface area contributed by atoms with Gasteiger partial charge in [0.2, 0.25) is 0 Å². The Balaban J connectivity index is 0.000000605. The summed E-state index contributed by atoms with van der Waals surface area (Å²) in [7, 11) is 2.24. The van der Waals surface area contributed by atoms with Crippen LogP contribution in [-0.2, 0) is 0 Å². The van der Waals surface area contributed by atoms with Gasteiger partial charge in [-0.1, -0.05) is 0 Å². The molecule has 2 bridgehead atoms. The molecule has 0 aromatic rings. The van der Waals surface area contributed by atoms with Gasteiger partial charge in [-0.05, 0) is 32.7 Å². The van der Waals surface area contributed by atoms with Crippen LogP contribution in [0.25, 0.3) is 0 Å². The zero-order chi connectivity index (χ0) is 7.14. The molecule has 0 saturated carbocycles. The molecular formula is C8H18Cl2N2. The molecule has 12 heavy (non-hydrogen) atoms. The lowest BCUT2D eigenvalue weighted by atomic mass is 9.99. The normalized spacial score (nSPS) is 40.0. The van der Waals surface area contributed by atoms with E-state index in [-0.39, 0.29) is 24.8 Å². The zero-order valence-corrected chi connectivity index (χ0v) is 9.03. The quantitative estimate of drug-likeness (QED) is 0.659. The monoisotopic (exact) mass is 212 g/mol. The predicted molar refractivity (Wildman–Crippen MR) is 56.3 cm³/mol. The fourth-order valence-electron chi connectivity index (χ4n) is 2.45. The van der Waals surface area contributed by atoms with Crippen LogP contribution in [0.4, 0.5) is 0 Å². The topological polar surface area (TPSA) is 29.3 Å². The molecule has 2 aliphatic heterocycles. The highest BCUT2D eigenvalue weighted by Gasteiger charge is 2.36. The van der Waals surface area contributed by atoms with Crippen molar-refractivity contribution in [1.29, 1.82) is 0 Å². The van der Waals surface area contributed by atoms with Crippen LogP contribution in [0.2, 0.25) is 0 Å². The van der Waals surface area contributed by atoms with Crippen LogP contribution in [0, 0.1) is 0 Å². The first kappa shape index (κ1) is 12.5. The maximum atomic E-state index is 5.89. The third kappa shape index (κ3) is 2.05. The van der Waals surface area contributed by atoms with Gasteiger partial charge in [-0.25, -0.2) is 0 Å². The molecule has 0 amide bonds. The van der Waals surface area contributed by atoms with Crippen LogP contribution in [0.15, 0.2) is 0 Å². The van der Waals surface area contributed by atoms with Gasteiger partial charge in [-0.3, -0.25) is 0 Å². The number of fused-ring (bicyclic) bond motifs is 2. The molecule has 0 aromatic carbocycles. The molecule has 1 unspecified atom stereocenters. The van der Waals surface area contributed by atoms with E-state index in [0.29, 0.717) is 6.04 Å². The van der Waals surface area contributed by atoms with Crippen molar-refractivity contribution in [2.75, 3.05) is 7.05 Å². The van der Waals surface area contributed by atoms with Gasteiger partial charge in [-0.2, -0.15) is 0 Å². The van der Waals surface area contributed by atoms with E-state index in [2.05, 4.69) is 11.9 Å². The fourth-order valence-corrected chi connectivity index (χ4v) is 2.45. The minimum atomic E-state index is 0. The molecule has 74 valence electrons. The second-order valence-corrected chi connectivity index (χ2v) is 3.78. The van der Waals surface area contributed by atoms with Crippen molar-refractivity contribution in [1.82, 2.24) is 4.90 Å². The molecule has 0 spiro atoms. The van der Waals surface area contributed by atoms with Gasteiger partial charge in [0.1, 0.15) is 0 Å². The van der Waals surface area contributed by atoms with Crippen LogP contribution in [0.5, 0.6) is 0 Å². The molecule has 2 aliphatic rings. The largest absolute Gasteiger partial charge is 0.328 e. The fraction of sp³-hybridized carbons (Fsp3) is 1.00. The van der Waals surface area contributed by atoms with Crippen molar-refractivity contribution in [2.45, 2.75) is 43.8 Å². The second-order valence-electron chi connectivity index (χ2n) is 3.78. The first-order chi connectivity index (χ1) is 4.77. The number of nitrogens with two attached hydrogens (primary N) is 1. The molecule has 2 heterocycles. The molecule has 3 atom stereocenters. The van der Waals surface area contributed by atoms with Gasteiger partial charge in [0.25, 0.3) is 0 Å². The molecule has 2 saturated heterocycles. The average molecular weight is 213 g/mol. The number of rotatable bonds is 0. The first-order valence-corrected chi connectivity index (χ1v) is 4.25. The van der Waals surface area contributed by atoms with E-state index in [4.69, 9.17) is 5.73 Å². The summed E-state index contributed by atoms with van der Waals surface area (Å²) in [5.41, 5.74) is 5.89. The minimum absolute atomic E-state index is 0. The van der Waals surface area contributed by atoms with E-state index < -0.39 is 0 Å². The summed E-state index contributed by atoms with van der Waals surface area (Å²) in [6.07, 6.45) is 5.23. The van der Waals surface area contributed by atoms with Crippen LogP contribution in [0.1, 0.15) is 25.7 Å². The highest BCUT2D eigenvalue weighted by molar-refractivity contribution is 5.85. The lowest BCUT2D eigenvalue weighted by Gasteiger charge is -2.34. The number of piperidine rings is 1. The van der Waals surface area contributed by atoms with E-state index in [9.17, 15) is 0 Å².